The van der Waals surface area contributed by atoms with E-state index in [9.17, 15) is 5.11 Å². The van der Waals surface area contributed by atoms with Gasteiger partial charge >= 0.3 is 0 Å². The molecule has 0 radical (unpaired) electrons. The fraction of sp³-hybridized carbons (Fsp3) is 0.533. The Balaban J connectivity index is 1.66. The number of rotatable bonds is 5. The van der Waals surface area contributed by atoms with E-state index in [1.54, 1.807) is 11.8 Å². The lowest BCUT2D eigenvalue weighted by atomic mass is 9.99. The number of halogens is 1. The average molecular weight is 345 g/mol. The SMILES string of the molecule is OCC1CCCN(C(=S)NCCSc2ccc(Cl)cc2)C1. The second-order valence-corrected chi connectivity index (χ2v) is 7.16. The van der Waals surface area contributed by atoms with Crippen LogP contribution in [0, 0.1) is 5.92 Å². The molecule has 21 heavy (non-hydrogen) atoms. The van der Waals surface area contributed by atoms with E-state index in [0.29, 0.717) is 5.92 Å². The minimum atomic E-state index is 0.255. The number of piperidine rings is 1. The molecule has 0 spiro atoms. The first-order valence-electron chi connectivity index (χ1n) is 7.21. The zero-order valence-corrected chi connectivity index (χ0v) is 14.3. The number of likely N-dealkylation sites (tertiary alicyclic amines) is 1. The number of hydrogen-bond acceptors (Lipinski definition) is 3. The molecule has 1 aromatic rings. The molecule has 1 fully saturated rings. The predicted molar refractivity (Wildman–Crippen MR) is 94.2 cm³/mol. The largest absolute Gasteiger partial charge is 0.396 e. The Labute approximate surface area is 141 Å². The molecule has 1 aliphatic heterocycles. The van der Waals surface area contributed by atoms with Crippen LogP contribution in [0.4, 0.5) is 0 Å². The van der Waals surface area contributed by atoms with E-state index in [1.165, 1.54) is 4.90 Å². The lowest BCUT2D eigenvalue weighted by Crippen LogP contribution is -2.46. The number of thiocarbonyl (C=S) groups is 1. The summed E-state index contributed by atoms with van der Waals surface area (Å²) in [6.45, 7) is 2.96. The van der Waals surface area contributed by atoms with Crippen molar-refractivity contribution in [2.45, 2.75) is 17.7 Å². The summed E-state index contributed by atoms with van der Waals surface area (Å²) < 4.78 is 0. The first-order valence-corrected chi connectivity index (χ1v) is 8.98. The third-order valence-corrected chi connectivity index (χ3v) is 5.19. The normalized spacial score (nSPS) is 18.6. The molecule has 0 amide bonds. The molecule has 2 rings (SSSR count). The number of nitrogens with one attached hydrogen (secondary N) is 1. The van der Waals surface area contributed by atoms with Crippen LogP contribution in [-0.2, 0) is 0 Å². The number of aliphatic hydroxyl groups is 1. The van der Waals surface area contributed by atoms with Crippen molar-refractivity contribution in [2.24, 2.45) is 5.92 Å². The van der Waals surface area contributed by atoms with Gasteiger partial charge in [0.1, 0.15) is 0 Å². The molecule has 1 saturated heterocycles. The Bertz CT molecular complexity index is 455. The summed E-state index contributed by atoms with van der Waals surface area (Å²) in [6, 6.07) is 7.87. The summed E-state index contributed by atoms with van der Waals surface area (Å²) in [5.74, 6) is 1.32. The van der Waals surface area contributed by atoms with Crippen molar-refractivity contribution in [1.29, 1.82) is 0 Å². The van der Waals surface area contributed by atoms with Crippen molar-refractivity contribution in [3.63, 3.8) is 0 Å². The molecule has 2 N–H and O–H groups in total. The third-order valence-electron chi connectivity index (χ3n) is 3.53. The Morgan fingerprint density at radius 2 is 2.19 bits per heavy atom. The Kier molecular flexibility index (Phi) is 7.10. The highest BCUT2D eigenvalue weighted by atomic mass is 35.5. The molecule has 1 heterocycles. The van der Waals surface area contributed by atoms with Gasteiger partial charge in [-0.3, -0.25) is 0 Å². The van der Waals surface area contributed by atoms with E-state index in [2.05, 4.69) is 10.2 Å². The second kappa shape index (κ2) is 8.83. The van der Waals surface area contributed by atoms with Crippen molar-refractivity contribution in [2.75, 3.05) is 32.0 Å². The van der Waals surface area contributed by atoms with Gasteiger partial charge in [-0.05, 0) is 55.2 Å². The van der Waals surface area contributed by atoms with Crippen LogP contribution in [0.3, 0.4) is 0 Å². The number of benzene rings is 1. The molecule has 0 bridgehead atoms. The molecule has 1 aliphatic rings. The highest BCUT2D eigenvalue weighted by molar-refractivity contribution is 7.99. The number of thioether (sulfide) groups is 1. The van der Waals surface area contributed by atoms with Crippen LogP contribution in [0.2, 0.25) is 5.02 Å². The lowest BCUT2D eigenvalue weighted by molar-refractivity contribution is 0.160. The highest BCUT2D eigenvalue weighted by Crippen LogP contribution is 2.20. The predicted octanol–water partition coefficient (Wildman–Crippen LogP) is 3.01. The van der Waals surface area contributed by atoms with Gasteiger partial charge < -0.3 is 15.3 Å². The molecule has 6 heteroatoms. The molecular weight excluding hydrogens is 324 g/mol. The molecule has 3 nitrogen and oxygen atoms in total. The summed E-state index contributed by atoms with van der Waals surface area (Å²) >= 11 is 13.1. The van der Waals surface area contributed by atoms with Gasteiger partial charge in [0, 0.05) is 41.9 Å². The zero-order valence-electron chi connectivity index (χ0n) is 11.9. The maximum absolute atomic E-state index is 9.25. The third kappa shape index (κ3) is 5.66. The van der Waals surface area contributed by atoms with Crippen molar-refractivity contribution in [3.8, 4) is 0 Å². The Morgan fingerprint density at radius 3 is 2.90 bits per heavy atom. The molecule has 1 atom stereocenters. The van der Waals surface area contributed by atoms with Crippen molar-refractivity contribution in [3.05, 3.63) is 29.3 Å². The summed E-state index contributed by atoms with van der Waals surface area (Å²) in [5, 5.41) is 14.1. The van der Waals surface area contributed by atoms with E-state index in [4.69, 9.17) is 23.8 Å². The number of nitrogens with zero attached hydrogens (tertiary/aromatic N) is 1. The van der Waals surface area contributed by atoms with E-state index in [-0.39, 0.29) is 6.61 Å². The van der Waals surface area contributed by atoms with Crippen LogP contribution in [-0.4, -0.2) is 47.1 Å². The van der Waals surface area contributed by atoms with Crippen LogP contribution < -0.4 is 5.32 Å². The molecule has 0 saturated carbocycles. The van der Waals surface area contributed by atoms with Gasteiger partial charge in [0.2, 0.25) is 0 Å². The van der Waals surface area contributed by atoms with Crippen LogP contribution in [0.25, 0.3) is 0 Å². The van der Waals surface area contributed by atoms with Gasteiger partial charge in [-0.2, -0.15) is 0 Å². The first kappa shape index (κ1) is 16.9. The summed E-state index contributed by atoms with van der Waals surface area (Å²) in [4.78, 5) is 3.39. The van der Waals surface area contributed by atoms with Gasteiger partial charge in [-0.15, -0.1) is 11.8 Å². The van der Waals surface area contributed by atoms with Gasteiger partial charge in [0.25, 0.3) is 0 Å². The lowest BCUT2D eigenvalue weighted by Gasteiger charge is -2.33. The van der Waals surface area contributed by atoms with Gasteiger partial charge in [-0.1, -0.05) is 11.6 Å². The van der Waals surface area contributed by atoms with Crippen LogP contribution in [0.1, 0.15) is 12.8 Å². The van der Waals surface area contributed by atoms with Crippen LogP contribution in [0.15, 0.2) is 29.2 Å². The standard InChI is InChI=1S/C15H21ClN2OS2/c16-13-3-5-14(6-4-13)21-9-7-17-15(20)18-8-1-2-12(10-18)11-19/h3-6,12,19H,1-2,7-11H2,(H,17,20). The highest BCUT2D eigenvalue weighted by Gasteiger charge is 2.20. The maximum atomic E-state index is 9.25. The number of hydrogen-bond donors (Lipinski definition) is 2. The number of aliphatic hydroxyl groups excluding tert-OH is 1. The van der Waals surface area contributed by atoms with E-state index >= 15 is 0 Å². The average Bonchev–Trinajstić information content (AvgIpc) is 2.53. The van der Waals surface area contributed by atoms with Gasteiger partial charge in [0.15, 0.2) is 5.11 Å². The minimum absolute atomic E-state index is 0.255. The molecule has 0 aliphatic carbocycles. The fourth-order valence-corrected chi connectivity index (χ4v) is 3.53. The maximum Gasteiger partial charge on any atom is 0.168 e. The Hall–Kier alpha value is -0.490. The van der Waals surface area contributed by atoms with Crippen molar-refractivity contribution in [1.82, 2.24) is 10.2 Å². The van der Waals surface area contributed by atoms with Crippen molar-refractivity contribution < 1.29 is 5.11 Å². The summed E-state index contributed by atoms with van der Waals surface area (Å²) in [5.41, 5.74) is 0. The van der Waals surface area contributed by atoms with Gasteiger partial charge in [0.05, 0.1) is 0 Å². The van der Waals surface area contributed by atoms with Gasteiger partial charge in [-0.25, -0.2) is 0 Å². The molecular formula is C15H21ClN2OS2. The summed E-state index contributed by atoms with van der Waals surface area (Å²) in [7, 11) is 0. The van der Waals surface area contributed by atoms with Crippen molar-refractivity contribution >= 4 is 40.7 Å². The van der Waals surface area contributed by atoms with E-state index in [0.717, 1.165) is 48.4 Å². The minimum Gasteiger partial charge on any atom is -0.396 e. The quantitative estimate of drug-likeness (QED) is 0.488. The molecule has 116 valence electrons. The molecule has 1 unspecified atom stereocenters. The Morgan fingerprint density at radius 1 is 1.43 bits per heavy atom. The smallest absolute Gasteiger partial charge is 0.168 e. The zero-order chi connectivity index (χ0) is 15.1. The molecule has 1 aromatic carbocycles. The van der Waals surface area contributed by atoms with E-state index in [1.807, 2.05) is 24.3 Å². The molecule has 0 aromatic heterocycles. The summed E-state index contributed by atoms with van der Waals surface area (Å²) in [6.07, 6.45) is 2.20. The van der Waals surface area contributed by atoms with E-state index < -0.39 is 0 Å². The van der Waals surface area contributed by atoms with Crippen LogP contribution >= 0.6 is 35.6 Å². The fourth-order valence-electron chi connectivity index (χ4n) is 2.37. The second-order valence-electron chi connectivity index (χ2n) is 5.17. The van der Waals surface area contributed by atoms with Crippen LogP contribution in [0.5, 0.6) is 0 Å². The first-order chi connectivity index (χ1) is 10.2. The topological polar surface area (TPSA) is 35.5 Å². The monoisotopic (exact) mass is 344 g/mol.